The number of aromatic nitrogens is 2. The van der Waals surface area contributed by atoms with Gasteiger partial charge in [-0.2, -0.15) is 0 Å². The van der Waals surface area contributed by atoms with Gasteiger partial charge in [-0.3, -0.25) is 5.41 Å². The Bertz CT molecular complexity index is 1120. The van der Waals surface area contributed by atoms with Crippen LogP contribution in [0.3, 0.4) is 0 Å². The molecule has 2 aromatic carbocycles. The van der Waals surface area contributed by atoms with E-state index in [-0.39, 0.29) is 11.9 Å². The van der Waals surface area contributed by atoms with Crippen LogP contribution in [-0.4, -0.2) is 33.5 Å². The summed E-state index contributed by atoms with van der Waals surface area (Å²) in [6.07, 6.45) is 8.29. The summed E-state index contributed by atoms with van der Waals surface area (Å²) in [5.74, 6) is 0.751. The third-order valence-electron chi connectivity index (χ3n) is 5.34. The van der Waals surface area contributed by atoms with E-state index in [9.17, 15) is 4.39 Å². The van der Waals surface area contributed by atoms with Crippen molar-refractivity contribution < 1.29 is 4.39 Å². The quantitative estimate of drug-likeness (QED) is 0.284. The van der Waals surface area contributed by atoms with Gasteiger partial charge in [-0.15, -0.1) is 0 Å². The number of imidazole rings is 1. The van der Waals surface area contributed by atoms with E-state index in [1.165, 1.54) is 12.3 Å². The van der Waals surface area contributed by atoms with Crippen LogP contribution in [0, 0.1) is 16.6 Å². The number of hydrogen-bond donors (Lipinski definition) is 4. The maximum absolute atomic E-state index is 13.6. The predicted octanol–water partition coefficient (Wildman–Crippen LogP) is 4.62. The van der Waals surface area contributed by atoms with E-state index in [0.29, 0.717) is 22.9 Å². The Kier molecular flexibility index (Phi) is 5.43. The topological polar surface area (TPSA) is 106 Å². The highest BCUT2D eigenvalue weighted by Gasteiger charge is 2.27. The zero-order valence-electron chi connectivity index (χ0n) is 16.4. The lowest BCUT2D eigenvalue weighted by Crippen LogP contribution is -2.28. The molecule has 4 rings (SSSR count). The van der Waals surface area contributed by atoms with Gasteiger partial charge in [0.15, 0.2) is 0 Å². The van der Waals surface area contributed by atoms with E-state index < -0.39 is 0 Å². The first-order valence-electron chi connectivity index (χ1n) is 9.79. The molecular formula is C23H23FN6. The second-order valence-electron chi connectivity index (χ2n) is 7.30. The first kappa shape index (κ1) is 19.6. The smallest absolute Gasteiger partial charge is 0.130 e. The Balaban J connectivity index is 1.49. The molecule has 30 heavy (non-hydrogen) atoms. The number of nitrogens with one attached hydrogen (secondary N) is 3. The SMILES string of the molecule is N=Cc1cc(-c2cnc(/C=C\C(=N)N3CCCC3c3cccc(F)c3)[nH]2)ccc1N. The Morgan fingerprint density at radius 3 is 2.93 bits per heavy atom. The van der Waals surface area contributed by atoms with Crippen molar-refractivity contribution in [1.29, 1.82) is 10.8 Å². The standard InChI is InChI=1S/C23H23FN6/c24-18-4-1-3-16(12-18)21-5-2-10-30(21)22(27)8-9-23-28-14-20(29-23)15-6-7-19(26)17(11-15)13-25/h1,3-4,6-9,11-14,21,25,27H,2,5,10,26H2,(H,28,29)/b9-8-,25-13?,27-22?. The molecule has 1 aromatic heterocycles. The summed E-state index contributed by atoms with van der Waals surface area (Å²) >= 11 is 0. The first-order chi connectivity index (χ1) is 14.5. The number of anilines is 1. The fourth-order valence-electron chi connectivity index (χ4n) is 3.80. The van der Waals surface area contributed by atoms with E-state index in [1.807, 2.05) is 23.1 Å². The number of nitrogens with zero attached hydrogens (tertiary/aromatic N) is 2. The molecule has 1 saturated heterocycles. The minimum atomic E-state index is -0.251. The molecule has 0 saturated carbocycles. The highest BCUT2D eigenvalue weighted by atomic mass is 19.1. The summed E-state index contributed by atoms with van der Waals surface area (Å²) in [4.78, 5) is 9.57. The van der Waals surface area contributed by atoms with Crippen LogP contribution in [0.5, 0.6) is 0 Å². The van der Waals surface area contributed by atoms with Gasteiger partial charge in [0.25, 0.3) is 0 Å². The van der Waals surface area contributed by atoms with Crippen LogP contribution >= 0.6 is 0 Å². The number of aromatic amines is 1. The van der Waals surface area contributed by atoms with E-state index in [4.69, 9.17) is 16.6 Å². The van der Waals surface area contributed by atoms with Gasteiger partial charge in [0, 0.05) is 29.6 Å². The third kappa shape index (κ3) is 4.00. The highest BCUT2D eigenvalue weighted by Crippen LogP contribution is 2.32. The monoisotopic (exact) mass is 402 g/mol. The number of benzene rings is 2. The number of likely N-dealkylation sites (tertiary alicyclic amines) is 1. The van der Waals surface area contributed by atoms with E-state index in [0.717, 1.165) is 36.2 Å². The van der Waals surface area contributed by atoms with Gasteiger partial charge in [-0.25, -0.2) is 9.37 Å². The maximum atomic E-state index is 13.6. The van der Waals surface area contributed by atoms with Crippen molar-refractivity contribution in [2.45, 2.75) is 18.9 Å². The predicted molar refractivity (Wildman–Crippen MR) is 118 cm³/mol. The Labute approximate surface area is 174 Å². The minimum Gasteiger partial charge on any atom is -0.398 e. The fraction of sp³-hybridized carbons (Fsp3) is 0.174. The number of nitrogens with two attached hydrogens (primary N) is 1. The average Bonchev–Trinajstić information content (AvgIpc) is 3.42. The number of rotatable bonds is 5. The van der Waals surface area contributed by atoms with Gasteiger partial charge >= 0.3 is 0 Å². The zero-order valence-corrected chi connectivity index (χ0v) is 16.4. The van der Waals surface area contributed by atoms with Crippen LogP contribution in [0.1, 0.15) is 35.8 Å². The van der Waals surface area contributed by atoms with E-state index >= 15 is 0 Å². The third-order valence-corrected chi connectivity index (χ3v) is 5.34. The molecule has 0 amide bonds. The molecule has 0 radical (unpaired) electrons. The van der Waals surface area contributed by atoms with Crippen LogP contribution < -0.4 is 5.73 Å². The Hall–Kier alpha value is -3.74. The molecule has 0 spiro atoms. The number of amidine groups is 1. The zero-order chi connectivity index (χ0) is 21.1. The van der Waals surface area contributed by atoms with Crippen molar-refractivity contribution in [2.24, 2.45) is 0 Å². The lowest BCUT2D eigenvalue weighted by Gasteiger charge is -2.26. The van der Waals surface area contributed by atoms with Crippen molar-refractivity contribution >= 4 is 23.8 Å². The summed E-state index contributed by atoms with van der Waals surface area (Å²) in [5, 5.41) is 15.9. The lowest BCUT2D eigenvalue weighted by atomic mass is 10.0. The molecule has 5 N–H and O–H groups in total. The van der Waals surface area contributed by atoms with Crippen LogP contribution in [0.15, 0.2) is 54.7 Å². The highest BCUT2D eigenvalue weighted by molar-refractivity contribution is 5.94. The van der Waals surface area contributed by atoms with Crippen molar-refractivity contribution in [1.82, 2.24) is 14.9 Å². The molecule has 6 nitrogen and oxygen atoms in total. The molecule has 1 atom stereocenters. The normalized spacial score (nSPS) is 16.3. The molecular weight excluding hydrogens is 379 g/mol. The van der Waals surface area contributed by atoms with Gasteiger partial charge in [0.1, 0.15) is 17.5 Å². The number of H-pyrrole nitrogens is 1. The fourth-order valence-corrected chi connectivity index (χ4v) is 3.80. The molecule has 0 bridgehead atoms. The minimum absolute atomic E-state index is 0.0133. The van der Waals surface area contributed by atoms with Crippen LogP contribution in [-0.2, 0) is 0 Å². The van der Waals surface area contributed by atoms with Gasteiger partial charge in [-0.05, 0) is 54.8 Å². The molecule has 2 heterocycles. The van der Waals surface area contributed by atoms with Gasteiger partial charge in [0.2, 0.25) is 0 Å². The van der Waals surface area contributed by atoms with Crippen molar-refractivity contribution in [3.63, 3.8) is 0 Å². The summed E-state index contributed by atoms with van der Waals surface area (Å²) in [6.45, 7) is 0.769. The molecule has 7 heteroatoms. The number of hydrogen-bond acceptors (Lipinski definition) is 4. The van der Waals surface area contributed by atoms with Crippen molar-refractivity contribution in [3.8, 4) is 11.3 Å². The first-order valence-corrected chi connectivity index (χ1v) is 9.79. The van der Waals surface area contributed by atoms with Crippen LogP contribution in [0.25, 0.3) is 17.3 Å². The van der Waals surface area contributed by atoms with Crippen LogP contribution in [0.2, 0.25) is 0 Å². The molecule has 1 unspecified atom stereocenters. The van der Waals surface area contributed by atoms with Gasteiger partial charge in [0.05, 0.1) is 17.9 Å². The van der Waals surface area contributed by atoms with E-state index in [2.05, 4.69) is 9.97 Å². The molecule has 3 aromatic rings. The average molecular weight is 402 g/mol. The van der Waals surface area contributed by atoms with Crippen LogP contribution in [0.4, 0.5) is 10.1 Å². The summed E-state index contributed by atoms with van der Waals surface area (Å²) in [6, 6.07) is 12.1. The van der Waals surface area contributed by atoms with Gasteiger partial charge in [-0.1, -0.05) is 18.2 Å². The summed E-state index contributed by atoms with van der Waals surface area (Å²) in [7, 11) is 0. The molecule has 1 aliphatic heterocycles. The second kappa shape index (κ2) is 8.32. The molecule has 1 aliphatic rings. The summed E-state index contributed by atoms with van der Waals surface area (Å²) < 4.78 is 13.6. The lowest BCUT2D eigenvalue weighted by molar-refractivity contribution is 0.399. The van der Waals surface area contributed by atoms with E-state index in [1.54, 1.807) is 36.5 Å². The number of halogens is 1. The van der Waals surface area contributed by atoms with Crippen molar-refractivity contribution in [3.05, 3.63) is 77.5 Å². The summed E-state index contributed by atoms with van der Waals surface area (Å²) in [5.41, 5.74) is 9.65. The second-order valence-corrected chi connectivity index (χ2v) is 7.30. The molecule has 1 fully saturated rings. The number of nitrogen functional groups attached to an aromatic ring is 1. The van der Waals surface area contributed by atoms with Gasteiger partial charge < -0.3 is 21.0 Å². The maximum Gasteiger partial charge on any atom is 0.130 e. The molecule has 152 valence electrons. The molecule has 0 aliphatic carbocycles. The Morgan fingerprint density at radius 2 is 2.13 bits per heavy atom. The Morgan fingerprint density at radius 1 is 1.27 bits per heavy atom. The van der Waals surface area contributed by atoms with Crippen molar-refractivity contribution in [2.75, 3.05) is 12.3 Å². The largest absolute Gasteiger partial charge is 0.398 e.